The van der Waals surface area contributed by atoms with Crippen LogP contribution < -0.4 is 0 Å². The van der Waals surface area contributed by atoms with Crippen LogP contribution in [-0.2, 0) is 0 Å². The summed E-state index contributed by atoms with van der Waals surface area (Å²) in [4.78, 5) is 2.56. The number of aliphatic hydroxyl groups excluding tert-OH is 2. The van der Waals surface area contributed by atoms with Crippen molar-refractivity contribution in [2.45, 2.75) is 64.3 Å². The van der Waals surface area contributed by atoms with E-state index in [-0.39, 0.29) is 5.41 Å². The maximum Gasteiger partial charge on any atom is 0.0499 e. The molecular weight excluding hydrogens is 238 g/mol. The maximum absolute atomic E-state index is 9.93. The number of piperidine rings is 1. The van der Waals surface area contributed by atoms with Gasteiger partial charge >= 0.3 is 0 Å². The molecule has 3 nitrogen and oxygen atoms in total. The van der Waals surface area contributed by atoms with Gasteiger partial charge in [-0.3, -0.25) is 4.90 Å². The second-order valence-corrected chi connectivity index (χ2v) is 6.99. The molecule has 1 heterocycles. The van der Waals surface area contributed by atoms with Gasteiger partial charge in [-0.2, -0.15) is 0 Å². The van der Waals surface area contributed by atoms with E-state index in [1.165, 1.54) is 44.9 Å². The van der Waals surface area contributed by atoms with Crippen molar-refractivity contribution in [2.24, 2.45) is 11.3 Å². The maximum atomic E-state index is 9.93. The first-order valence-electron chi connectivity index (χ1n) is 8.15. The third-order valence-electron chi connectivity index (χ3n) is 5.27. The Kier molecular flexibility index (Phi) is 5.67. The van der Waals surface area contributed by atoms with Gasteiger partial charge in [-0.05, 0) is 44.6 Å². The highest BCUT2D eigenvalue weighted by molar-refractivity contribution is 4.90. The largest absolute Gasteiger partial charge is 0.396 e. The van der Waals surface area contributed by atoms with Crippen LogP contribution in [0.3, 0.4) is 0 Å². The normalized spacial score (nSPS) is 37.4. The standard InChI is InChI=1S/C16H31NO2/c1-14-5-4-8-16(11-14,13-19)12-17-9-3-2-6-15(17)7-10-18/h14-15,18-19H,2-13H2,1H3. The Morgan fingerprint density at radius 3 is 2.68 bits per heavy atom. The average molecular weight is 269 g/mol. The number of hydrogen-bond donors (Lipinski definition) is 2. The summed E-state index contributed by atoms with van der Waals surface area (Å²) in [5.74, 6) is 0.752. The Morgan fingerprint density at radius 2 is 2.00 bits per heavy atom. The molecule has 1 aliphatic heterocycles. The molecular formula is C16H31NO2. The SMILES string of the molecule is CC1CCCC(CO)(CN2CCCCC2CCO)C1. The molecule has 2 rings (SSSR count). The molecule has 0 radical (unpaired) electrons. The van der Waals surface area contributed by atoms with E-state index in [2.05, 4.69) is 11.8 Å². The van der Waals surface area contributed by atoms with Crippen molar-refractivity contribution in [3.63, 3.8) is 0 Å². The van der Waals surface area contributed by atoms with Crippen LogP contribution in [0.4, 0.5) is 0 Å². The Balaban J connectivity index is 1.99. The van der Waals surface area contributed by atoms with Crippen molar-refractivity contribution >= 4 is 0 Å². The molecule has 112 valence electrons. The van der Waals surface area contributed by atoms with Crippen molar-refractivity contribution in [2.75, 3.05) is 26.3 Å². The van der Waals surface area contributed by atoms with Crippen LogP contribution in [0.5, 0.6) is 0 Å². The van der Waals surface area contributed by atoms with Crippen molar-refractivity contribution in [3.05, 3.63) is 0 Å². The molecule has 3 atom stereocenters. The van der Waals surface area contributed by atoms with Crippen LogP contribution in [0.25, 0.3) is 0 Å². The zero-order chi connectivity index (χ0) is 13.7. The first-order valence-corrected chi connectivity index (χ1v) is 8.15. The molecule has 0 aromatic carbocycles. The number of aliphatic hydroxyl groups is 2. The molecule has 3 heteroatoms. The smallest absolute Gasteiger partial charge is 0.0499 e. The fourth-order valence-corrected chi connectivity index (χ4v) is 4.28. The minimum Gasteiger partial charge on any atom is -0.396 e. The van der Waals surface area contributed by atoms with Gasteiger partial charge in [0.05, 0.1) is 0 Å². The summed E-state index contributed by atoms with van der Waals surface area (Å²) in [5.41, 5.74) is 0.128. The lowest BCUT2D eigenvalue weighted by molar-refractivity contribution is -0.00283. The lowest BCUT2D eigenvalue weighted by Crippen LogP contribution is -2.49. The van der Waals surface area contributed by atoms with E-state index < -0.39 is 0 Å². The molecule has 1 saturated heterocycles. The second kappa shape index (κ2) is 7.05. The minimum absolute atomic E-state index is 0.128. The molecule has 19 heavy (non-hydrogen) atoms. The van der Waals surface area contributed by atoms with Crippen molar-refractivity contribution in [1.82, 2.24) is 4.90 Å². The zero-order valence-corrected chi connectivity index (χ0v) is 12.5. The zero-order valence-electron chi connectivity index (χ0n) is 12.5. The number of likely N-dealkylation sites (tertiary alicyclic amines) is 1. The van der Waals surface area contributed by atoms with Gasteiger partial charge in [0.15, 0.2) is 0 Å². The third-order valence-corrected chi connectivity index (χ3v) is 5.27. The fraction of sp³-hybridized carbons (Fsp3) is 1.00. The Bertz CT molecular complexity index is 269. The van der Waals surface area contributed by atoms with Crippen molar-refractivity contribution < 1.29 is 10.2 Å². The van der Waals surface area contributed by atoms with Gasteiger partial charge in [0.1, 0.15) is 0 Å². The predicted octanol–water partition coefficient (Wildman–Crippen LogP) is 2.41. The van der Waals surface area contributed by atoms with Gasteiger partial charge in [0.2, 0.25) is 0 Å². The summed E-state index contributed by atoms with van der Waals surface area (Å²) in [6.07, 6.45) is 9.63. The van der Waals surface area contributed by atoms with E-state index in [1.807, 2.05) is 0 Å². The molecule has 3 unspecified atom stereocenters. The van der Waals surface area contributed by atoms with Gasteiger partial charge < -0.3 is 10.2 Å². The molecule has 0 amide bonds. The highest BCUT2D eigenvalue weighted by Gasteiger charge is 2.37. The topological polar surface area (TPSA) is 43.7 Å². The molecule has 0 aromatic rings. The van der Waals surface area contributed by atoms with Crippen molar-refractivity contribution in [1.29, 1.82) is 0 Å². The monoisotopic (exact) mass is 269 g/mol. The fourth-order valence-electron chi connectivity index (χ4n) is 4.28. The summed E-state index contributed by atoms with van der Waals surface area (Å²) >= 11 is 0. The van der Waals surface area contributed by atoms with E-state index >= 15 is 0 Å². The first kappa shape index (κ1) is 15.3. The second-order valence-electron chi connectivity index (χ2n) is 6.99. The van der Waals surface area contributed by atoms with Gasteiger partial charge in [0, 0.05) is 31.2 Å². The van der Waals surface area contributed by atoms with E-state index in [0.29, 0.717) is 19.3 Å². The van der Waals surface area contributed by atoms with E-state index in [9.17, 15) is 10.2 Å². The van der Waals surface area contributed by atoms with E-state index in [1.54, 1.807) is 0 Å². The lowest BCUT2D eigenvalue weighted by atomic mass is 9.70. The summed E-state index contributed by atoms with van der Waals surface area (Å²) < 4.78 is 0. The third kappa shape index (κ3) is 3.93. The van der Waals surface area contributed by atoms with Crippen LogP contribution in [0.15, 0.2) is 0 Å². The van der Waals surface area contributed by atoms with E-state index in [4.69, 9.17) is 0 Å². The number of rotatable bonds is 5. The summed E-state index contributed by atoms with van der Waals surface area (Å²) in [5, 5.41) is 19.2. The molecule has 2 aliphatic rings. The average Bonchev–Trinajstić information content (AvgIpc) is 2.41. The summed E-state index contributed by atoms with van der Waals surface area (Å²) in [6.45, 7) is 5.15. The molecule has 1 saturated carbocycles. The van der Waals surface area contributed by atoms with Gasteiger partial charge in [-0.25, -0.2) is 0 Å². The highest BCUT2D eigenvalue weighted by Crippen LogP contribution is 2.40. The predicted molar refractivity (Wildman–Crippen MR) is 78.1 cm³/mol. The quantitative estimate of drug-likeness (QED) is 0.805. The first-order chi connectivity index (χ1) is 9.19. The molecule has 0 spiro atoms. The molecule has 1 aliphatic carbocycles. The summed E-state index contributed by atoms with van der Waals surface area (Å²) in [7, 11) is 0. The van der Waals surface area contributed by atoms with Crippen LogP contribution in [-0.4, -0.2) is 47.5 Å². The molecule has 0 bridgehead atoms. The van der Waals surface area contributed by atoms with Crippen LogP contribution in [0, 0.1) is 11.3 Å². The van der Waals surface area contributed by atoms with Gasteiger partial charge in [0.25, 0.3) is 0 Å². The Morgan fingerprint density at radius 1 is 1.16 bits per heavy atom. The highest BCUT2D eigenvalue weighted by atomic mass is 16.3. The molecule has 0 aromatic heterocycles. The summed E-state index contributed by atoms with van der Waals surface area (Å²) in [6, 6.07) is 0.541. The van der Waals surface area contributed by atoms with Gasteiger partial charge in [-0.1, -0.05) is 26.2 Å². The van der Waals surface area contributed by atoms with Crippen molar-refractivity contribution in [3.8, 4) is 0 Å². The number of hydrogen-bond acceptors (Lipinski definition) is 3. The molecule has 2 fully saturated rings. The van der Waals surface area contributed by atoms with Crippen LogP contribution >= 0.6 is 0 Å². The molecule has 2 N–H and O–H groups in total. The Hall–Kier alpha value is -0.120. The van der Waals surface area contributed by atoms with Crippen LogP contribution in [0.1, 0.15) is 58.3 Å². The van der Waals surface area contributed by atoms with E-state index in [0.717, 1.165) is 25.4 Å². The lowest BCUT2D eigenvalue weighted by Gasteiger charge is -2.46. The van der Waals surface area contributed by atoms with Crippen LogP contribution in [0.2, 0.25) is 0 Å². The minimum atomic E-state index is 0.128. The number of nitrogens with zero attached hydrogens (tertiary/aromatic N) is 1. The Labute approximate surface area is 118 Å². The van der Waals surface area contributed by atoms with Gasteiger partial charge in [-0.15, -0.1) is 0 Å².